The molecule has 18 heavy (non-hydrogen) atoms. The van der Waals surface area contributed by atoms with Crippen LogP contribution in [-0.2, 0) is 0 Å². The maximum absolute atomic E-state index is 5.47. The second kappa shape index (κ2) is 8.18. The van der Waals surface area contributed by atoms with Crippen LogP contribution in [-0.4, -0.2) is 6.61 Å². The molecule has 0 saturated heterocycles. The molecule has 0 radical (unpaired) electrons. The molecule has 0 bridgehead atoms. The molecule has 102 valence electrons. The third kappa shape index (κ3) is 4.36. The number of rotatable bonds is 3. The number of hydrogen-bond donors (Lipinski definition) is 0. The van der Waals surface area contributed by atoms with Gasteiger partial charge in [0.05, 0.1) is 6.61 Å². The Kier molecular flexibility index (Phi) is 6.85. The van der Waals surface area contributed by atoms with Gasteiger partial charge in [0.15, 0.2) is 0 Å². The van der Waals surface area contributed by atoms with Crippen LogP contribution in [0.1, 0.15) is 64.9 Å². The predicted octanol–water partition coefficient (Wildman–Crippen LogP) is 5.41. The zero-order valence-corrected chi connectivity index (χ0v) is 12.4. The average molecular weight is 248 g/mol. The lowest BCUT2D eigenvalue weighted by atomic mass is 9.79. The smallest absolute Gasteiger partial charge is 0.119 e. The van der Waals surface area contributed by atoms with Crippen molar-refractivity contribution in [1.82, 2.24) is 0 Å². The molecular weight excluding hydrogens is 220 g/mol. The molecule has 1 aliphatic carbocycles. The summed E-state index contributed by atoms with van der Waals surface area (Å²) >= 11 is 0. The Morgan fingerprint density at radius 1 is 1.00 bits per heavy atom. The van der Waals surface area contributed by atoms with Crippen LogP contribution in [0.25, 0.3) is 0 Å². The van der Waals surface area contributed by atoms with Crippen LogP contribution >= 0.6 is 0 Å². The van der Waals surface area contributed by atoms with E-state index in [0.29, 0.717) is 0 Å². The van der Waals surface area contributed by atoms with Gasteiger partial charge in [-0.05, 0) is 49.3 Å². The summed E-state index contributed by atoms with van der Waals surface area (Å²) in [6.45, 7) is 9.14. The van der Waals surface area contributed by atoms with E-state index in [1.165, 1.54) is 31.2 Å². The lowest BCUT2D eigenvalue weighted by Gasteiger charge is -2.26. The van der Waals surface area contributed by atoms with E-state index in [2.05, 4.69) is 31.2 Å². The van der Waals surface area contributed by atoms with Gasteiger partial charge in [0, 0.05) is 0 Å². The second-order valence-corrected chi connectivity index (χ2v) is 4.96. The first kappa shape index (κ1) is 15.1. The van der Waals surface area contributed by atoms with Crippen LogP contribution in [0, 0.1) is 5.92 Å². The molecule has 0 unspecified atom stereocenters. The monoisotopic (exact) mass is 248 g/mol. The normalized spacial score (nSPS) is 22.9. The molecule has 0 atom stereocenters. The van der Waals surface area contributed by atoms with Crippen molar-refractivity contribution in [2.75, 3.05) is 6.61 Å². The summed E-state index contributed by atoms with van der Waals surface area (Å²) < 4.78 is 5.47. The Bertz CT molecular complexity index is 307. The van der Waals surface area contributed by atoms with E-state index in [1.807, 2.05) is 20.8 Å². The van der Waals surface area contributed by atoms with Crippen LogP contribution in [0.2, 0.25) is 0 Å². The van der Waals surface area contributed by atoms with E-state index in [-0.39, 0.29) is 0 Å². The van der Waals surface area contributed by atoms with E-state index >= 15 is 0 Å². The maximum Gasteiger partial charge on any atom is 0.119 e. The van der Waals surface area contributed by atoms with Crippen molar-refractivity contribution < 1.29 is 4.74 Å². The zero-order chi connectivity index (χ0) is 13.4. The highest BCUT2D eigenvalue weighted by Crippen LogP contribution is 2.35. The quantitative estimate of drug-likeness (QED) is 0.695. The molecule has 1 fully saturated rings. The van der Waals surface area contributed by atoms with Crippen LogP contribution in [0.15, 0.2) is 24.3 Å². The molecule has 0 aromatic heterocycles. The molecule has 1 aromatic rings. The Balaban J connectivity index is 0.000000771. The first-order valence-electron chi connectivity index (χ1n) is 7.52. The average Bonchev–Trinajstić information content (AvgIpc) is 2.43. The first-order valence-corrected chi connectivity index (χ1v) is 7.52. The topological polar surface area (TPSA) is 9.23 Å². The molecule has 2 rings (SSSR count). The summed E-state index contributed by atoms with van der Waals surface area (Å²) in [6.07, 6.45) is 5.49. The Labute approximate surface area is 113 Å². The fourth-order valence-electron chi connectivity index (χ4n) is 2.60. The van der Waals surface area contributed by atoms with Crippen molar-refractivity contribution in [3.8, 4) is 5.75 Å². The largest absolute Gasteiger partial charge is 0.494 e. The first-order chi connectivity index (χ1) is 8.79. The summed E-state index contributed by atoms with van der Waals surface area (Å²) in [5.74, 6) is 2.71. The molecule has 0 N–H and O–H groups in total. The molecule has 0 spiro atoms. The summed E-state index contributed by atoms with van der Waals surface area (Å²) in [7, 11) is 0. The minimum atomic E-state index is 0.750. The zero-order valence-electron chi connectivity index (χ0n) is 12.4. The summed E-state index contributed by atoms with van der Waals surface area (Å²) in [5.41, 5.74) is 1.50. The highest BCUT2D eigenvalue weighted by molar-refractivity contribution is 5.29. The molecule has 1 aromatic carbocycles. The number of hydrogen-bond acceptors (Lipinski definition) is 1. The van der Waals surface area contributed by atoms with Crippen LogP contribution in [0.3, 0.4) is 0 Å². The van der Waals surface area contributed by atoms with E-state index in [1.54, 1.807) is 0 Å². The minimum Gasteiger partial charge on any atom is -0.494 e. The molecule has 0 amide bonds. The van der Waals surface area contributed by atoms with Gasteiger partial charge in [0.2, 0.25) is 0 Å². The highest BCUT2D eigenvalue weighted by Gasteiger charge is 2.19. The maximum atomic E-state index is 5.47. The Hall–Kier alpha value is -0.980. The van der Waals surface area contributed by atoms with Gasteiger partial charge in [0.1, 0.15) is 5.75 Å². The van der Waals surface area contributed by atoms with E-state index in [0.717, 1.165) is 24.2 Å². The van der Waals surface area contributed by atoms with Gasteiger partial charge in [0.25, 0.3) is 0 Å². The highest BCUT2D eigenvalue weighted by atomic mass is 16.5. The van der Waals surface area contributed by atoms with Gasteiger partial charge in [-0.15, -0.1) is 0 Å². The predicted molar refractivity (Wildman–Crippen MR) is 79.3 cm³/mol. The molecule has 1 heteroatoms. The third-order valence-electron chi connectivity index (χ3n) is 3.68. The van der Waals surface area contributed by atoms with Crippen LogP contribution in [0.4, 0.5) is 0 Å². The number of ether oxygens (including phenoxy) is 1. The number of benzene rings is 1. The van der Waals surface area contributed by atoms with Crippen LogP contribution < -0.4 is 4.74 Å². The Morgan fingerprint density at radius 2 is 1.56 bits per heavy atom. The molecule has 1 nitrogen and oxygen atoms in total. The minimum absolute atomic E-state index is 0.750. The second-order valence-electron chi connectivity index (χ2n) is 4.96. The van der Waals surface area contributed by atoms with E-state index in [9.17, 15) is 0 Å². The van der Waals surface area contributed by atoms with Crippen molar-refractivity contribution in [3.05, 3.63) is 29.8 Å². The van der Waals surface area contributed by atoms with Gasteiger partial charge in [-0.25, -0.2) is 0 Å². The van der Waals surface area contributed by atoms with Gasteiger partial charge in [-0.3, -0.25) is 0 Å². The fraction of sp³-hybridized carbons (Fsp3) is 0.647. The van der Waals surface area contributed by atoms with E-state index in [4.69, 9.17) is 4.74 Å². The summed E-state index contributed by atoms with van der Waals surface area (Å²) in [6, 6.07) is 8.70. The van der Waals surface area contributed by atoms with E-state index < -0.39 is 0 Å². The third-order valence-corrected chi connectivity index (χ3v) is 3.68. The van der Waals surface area contributed by atoms with Crippen molar-refractivity contribution in [3.63, 3.8) is 0 Å². The molecule has 0 aliphatic heterocycles. The summed E-state index contributed by atoms with van der Waals surface area (Å²) in [4.78, 5) is 0. The van der Waals surface area contributed by atoms with Crippen molar-refractivity contribution >= 4 is 0 Å². The SMILES string of the molecule is CC.CCOc1ccc(C2CCC(C)CC2)cc1. The van der Waals surface area contributed by atoms with Gasteiger partial charge >= 0.3 is 0 Å². The molecule has 1 saturated carbocycles. The Morgan fingerprint density at radius 3 is 2.06 bits per heavy atom. The van der Waals surface area contributed by atoms with Crippen molar-refractivity contribution in [1.29, 1.82) is 0 Å². The molecule has 0 heterocycles. The lowest BCUT2D eigenvalue weighted by molar-refractivity contribution is 0.337. The fourth-order valence-corrected chi connectivity index (χ4v) is 2.60. The van der Waals surface area contributed by atoms with Crippen molar-refractivity contribution in [2.45, 2.75) is 59.3 Å². The van der Waals surface area contributed by atoms with Crippen molar-refractivity contribution in [2.24, 2.45) is 5.92 Å². The summed E-state index contributed by atoms with van der Waals surface area (Å²) in [5, 5.41) is 0. The van der Waals surface area contributed by atoms with Crippen LogP contribution in [0.5, 0.6) is 5.75 Å². The lowest BCUT2D eigenvalue weighted by Crippen LogP contribution is -2.10. The van der Waals surface area contributed by atoms with Gasteiger partial charge in [-0.2, -0.15) is 0 Å². The molecule has 1 aliphatic rings. The van der Waals surface area contributed by atoms with Gasteiger partial charge < -0.3 is 4.74 Å². The van der Waals surface area contributed by atoms with Gasteiger partial charge in [-0.1, -0.05) is 45.7 Å². The molecular formula is C17H28O. The standard InChI is InChI=1S/C15H22O.C2H6/c1-3-16-15-10-8-14(9-11-15)13-6-4-12(2)5-7-13;1-2/h8-13H,3-7H2,1-2H3;1-2H3.